The van der Waals surface area contributed by atoms with Gasteiger partial charge in [0.05, 0.1) is 0 Å². The summed E-state index contributed by atoms with van der Waals surface area (Å²) in [7, 11) is 0. The van der Waals surface area contributed by atoms with Gasteiger partial charge in [-0.1, -0.05) is 104 Å². The molecule has 7 heterocycles. The van der Waals surface area contributed by atoms with Gasteiger partial charge >= 0.3 is 42.1 Å². The minimum absolute atomic E-state index is 0. The van der Waals surface area contributed by atoms with Gasteiger partial charge in [0.2, 0.25) is 0 Å². The fourth-order valence-corrected chi connectivity index (χ4v) is 9.24. The summed E-state index contributed by atoms with van der Waals surface area (Å²) in [6.45, 7) is 23.5. The van der Waals surface area contributed by atoms with Crippen LogP contribution in [0.1, 0.15) is 48.6 Å². The molecule has 0 saturated carbocycles. The fourth-order valence-electron chi connectivity index (χ4n) is 9.24. The van der Waals surface area contributed by atoms with Crippen LogP contribution in [0.15, 0.2) is 159 Å². The van der Waals surface area contributed by atoms with Crippen LogP contribution < -0.4 is 39.2 Å². The van der Waals surface area contributed by atoms with Crippen molar-refractivity contribution in [2.75, 3.05) is 39.2 Å². The maximum Gasteiger partial charge on any atom is 4.00 e. The predicted octanol–water partition coefficient (Wildman–Crippen LogP) is 13.0. The first kappa shape index (κ1) is 49.5. The van der Waals surface area contributed by atoms with Crippen molar-refractivity contribution in [1.29, 1.82) is 0 Å². The van der Waals surface area contributed by atoms with Gasteiger partial charge in [-0.25, -0.2) is 33.4 Å². The summed E-state index contributed by atoms with van der Waals surface area (Å²) in [6, 6.07) is 49.6. The molecule has 0 bridgehead atoms. The first-order chi connectivity index (χ1) is 34.4. The fraction of sp³-hybridized carbons (Fsp3) is 0.133. The van der Waals surface area contributed by atoms with E-state index in [2.05, 4.69) is 242 Å². The van der Waals surface area contributed by atoms with Gasteiger partial charge in [0.1, 0.15) is 0 Å². The van der Waals surface area contributed by atoms with Crippen molar-refractivity contribution >= 4 is 67.6 Å². The van der Waals surface area contributed by atoms with Crippen LogP contribution >= 0.6 is 0 Å². The van der Waals surface area contributed by atoms with Crippen molar-refractivity contribution in [1.82, 2.24) is 14.5 Å². The summed E-state index contributed by atoms with van der Waals surface area (Å²) in [4.78, 5) is 26.9. The SMILES string of the molecule is Cc1ccc(N2C=CN(c3[c-]c4c(cn3)c3cnc(N5C=CN(c6ccc(C)cc6)[CH-]5)[c-]c3n4-c3[c-]c(N4C=CN(c5ccc(C)cc5)[CH-]4)c(C(C)(C)C)c(N4C=CN(c5ccc(C)cc5)[CH-]4)[c-]3)[CH-]2)cc1.[Pt+4].[Pt+4]. The van der Waals surface area contributed by atoms with E-state index < -0.39 is 0 Å². The van der Waals surface area contributed by atoms with Gasteiger partial charge in [0.25, 0.3) is 0 Å². The van der Waals surface area contributed by atoms with Crippen molar-refractivity contribution in [3.05, 3.63) is 238 Å². The number of fused-ring (bicyclic) bond motifs is 3. The second-order valence-corrected chi connectivity index (χ2v) is 19.4. The van der Waals surface area contributed by atoms with Gasteiger partial charge in [-0.15, -0.1) is 43.1 Å². The molecule has 12 rings (SSSR count). The Morgan fingerprint density at radius 3 is 0.986 bits per heavy atom. The Labute approximate surface area is 457 Å². The Bertz CT molecular complexity index is 3230. The Morgan fingerprint density at radius 1 is 0.384 bits per heavy atom. The molecule has 0 aliphatic carbocycles. The summed E-state index contributed by atoms with van der Waals surface area (Å²) >= 11 is 0. The van der Waals surface area contributed by atoms with E-state index in [0.717, 1.165) is 61.5 Å². The molecule has 0 N–H and O–H groups in total. The third-order valence-corrected chi connectivity index (χ3v) is 13.1. The molecular formula is C60H51N11Pt2. The van der Waals surface area contributed by atoms with E-state index in [1.165, 1.54) is 22.3 Å². The first-order valence-corrected chi connectivity index (χ1v) is 23.8. The molecule has 5 aromatic carbocycles. The zero-order valence-corrected chi connectivity index (χ0v) is 45.9. The quantitative estimate of drug-likeness (QED) is 0.131. The number of aryl methyl sites for hydroxylation is 4. The van der Waals surface area contributed by atoms with E-state index in [1.54, 1.807) is 0 Å². The normalized spacial score (nSPS) is 15.3. The molecule has 0 unspecified atom stereocenters. The third-order valence-electron chi connectivity index (χ3n) is 13.1. The number of nitrogens with zero attached hydrogens (tertiary/aromatic N) is 11. The Kier molecular flexibility index (Phi) is 13.4. The molecule has 4 aliphatic rings. The summed E-state index contributed by atoms with van der Waals surface area (Å²) in [5, 5.41) is 1.75. The van der Waals surface area contributed by atoms with Crippen LogP contribution in [0.2, 0.25) is 0 Å². The molecule has 3 aromatic heterocycles. The van der Waals surface area contributed by atoms with Crippen LogP contribution in [0.3, 0.4) is 0 Å². The Balaban J connectivity index is 0.00000306. The smallest absolute Gasteiger partial charge is 0.519 e. The summed E-state index contributed by atoms with van der Waals surface area (Å²) in [5.41, 5.74) is 13.8. The molecule has 366 valence electrons. The molecule has 73 heavy (non-hydrogen) atoms. The van der Waals surface area contributed by atoms with Crippen LogP contribution in [0.4, 0.5) is 45.8 Å². The number of benzene rings is 5. The molecule has 0 spiro atoms. The Hall–Kier alpha value is -7.06. The van der Waals surface area contributed by atoms with E-state index in [4.69, 9.17) is 9.97 Å². The van der Waals surface area contributed by atoms with Gasteiger partial charge in [0.15, 0.2) is 0 Å². The van der Waals surface area contributed by atoms with Crippen molar-refractivity contribution in [3.8, 4) is 5.69 Å². The molecule has 13 heteroatoms. The molecule has 0 amide bonds. The maximum atomic E-state index is 5.03. The number of anilines is 8. The van der Waals surface area contributed by atoms with Gasteiger partial charge in [-0.3, -0.25) is 9.97 Å². The van der Waals surface area contributed by atoms with Gasteiger partial charge in [-0.05, 0) is 126 Å². The molecule has 11 nitrogen and oxygen atoms in total. The topological polar surface area (TPSA) is 56.6 Å². The minimum Gasteiger partial charge on any atom is -0.519 e. The monoisotopic (exact) mass is 1320 g/mol. The number of hydrogen-bond acceptors (Lipinski definition) is 10. The van der Waals surface area contributed by atoms with Crippen molar-refractivity contribution < 1.29 is 42.1 Å². The second-order valence-electron chi connectivity index (χ2n) is 19.4. The second kappa shape index (κ2) is 19.7. The van der Waals surface area contributed by atoms with Crippen LogP contribution in [-0.2, 0) is 47.5 Å². The molecule has 4 aliphatic heterocycles. The van der Waals surface area contributed by atoms with Gasteiger partial charge in [-0.2, -0.15) is 12.1 Å². The van der Waals surface area contributed by atoms with Gasteiger partial charge in [0, 0.05) is 34.4 Å². The van der Waals surface area contributed by atoms with Crippen LogP contribution in [0.5, 0.6) is 0 Å². The number of pyridine rings is 2. The average Bonchev–Trinajstić information content (AvgIpc) is 4.24. The van der Waals surface area contributed by atoms with Crippen molar-refractivity contribution in [2.24, 2.45) is 0 Å². The zero-order chi connectivity index (χ0) is 48.5. The zero-order valence-electron chi connectivity index (χ0n) is 41.4. The van der Waals surface area contributed by atoms with E-state index in [0.29, 0.717) is 17.3 Å². The molecule has 8 aromatic rings. The van der Waals surface area contributed by atoms with Crippen LogP contribution in [0.25, 0.3) is 27.5 Å². The molecule has 0 saturated heterocycles. The van der Waals surface area contributed by atoms with Crippen molar-refractivity contribution in [3.63, 3.8) is 0 Å². The van der Waals surface area contributed by atoms with Crippen molar-refractivity contribution in [2.45, 2.75) is 53.9 Å². The first-order valence-electron chi connectivity index (χ1n) is 23.8. The number of hydrogen-bond donors (Lipinski definition) is 0. The number of aromatic nitrogens is 3. The van der Waals surface area contributed by atoms with E-state index in [9.17, 15) is 0 Å². The van der Waals surface area contributed by atoms with Crippen LogP contribution in [-0.4, -0.2) is 14.5 Å². The third kappa shape index (κ3) is 9.46. The predicted molar refractivity (Wildman–Crippen MR) is 289 cm³/mol. The average molecular weight is 1320 g/mol. The van der Waals surface area contributed by atoms with E-state index in [1.807, 2.05) is 60.3 Å². The summed E-state index contributed by atoms with van der Waals surface area (Å²) in [6.07, 6.45) is 20.3. The molecular weight excluding hydrogens is 1260 g/mol. The van der Waals surface area contributed by atoms with Crippen LogP contribution in [0, 0.1) is 78.6 Å². The standard InChI is InChI=1S/C60H51N11.2Pt/c1-42-8-16-46(17-9-42)63-24-28-67(38-63)55-32-50(33-56(59(55)60(5,6)7)68-29-25-64(39-68)47-18-10-43(2)11-19-47)71-53-34-57(69-30-26-65(40-69)48-20-12-44(3)13-21-48)61-36-51(53)52-37-62-58(35-54(52)71)70-31-27-66(41-70)49-22-14-45(4)15-23-49;;/h8-31,36-41H,1-7H3;;/q-8;2*+4. The van der Waals surface area contributed by atoms with E-state index in [-0.39, 0.29) is 47.5 Å². The Morgan fingerprint density at radius 2 is 0.671 bits per heavy atom. The van der Waals surface area contributed by atoms with Gasteiger partial charge < -0.3 is 55.9 Å². The summed E-state index contributed by atoms with van der Waals surface area (Å²) in [5.74, 6) is 1.26. The molecule has 0 radical (unpaired) electrons. The number of rotatable bonds is 9. The maximum absolute atomic E-state index is 5.03. The minimum atomic E-state index is -0.357. The molecule has 0 fully saturated rings. The summed E-state index contributed by atoms with van der Waals surface area (Å²) < 4.78 is 2.17. The van der Waals surface area contributed by atoms with E-state index >= 15 is 0 Å². The molecule has 0 atom stereocenters. The largest absolute Gasteiger partial charge is 4.00 e.